The number of fused-ring (bicyclic) bond motifs is 3. The van der Waals surface area contributed by atoms with Gasteiger partial charge < -0.3 is 14.6 Å². The first-order valence-electron chi connectivity index (χ1n) is 11.3. The summed E-state index contributed by atoms with van der Waals surface area (Å²) in [6.07, 6.45) is 0. The van der Waals surface area contributed by atoms with Crippen molar-refractivity contribution in [3.63, 3.8) is 0 Å². The molecule has 2 aliphatic rings. The summed E-state index contributed by atoms with van der Waals surface area (Å²) >= 11 is 0. The van der Waals surface area contributed by atoms with Gasteiger partial charge in [0.05, 0.1) is 25.5 Å². The number of hydrazone groups is 1. The number of ether oxygens (including phenoxy) is 1. The quantitative estimate of drug-likeness (QED) is 0.629. The molecule has 5 rings (SSSR count). The van der Waals surface area contributed by atoms with Gasteiger partial charge in [0.15, 0.2) is 0 Å². The SMILES string of the molecule is O=C(CN1N=C(c2ccccc2)Cn2c(cc3ccccc32)C1=O)NCCN1CCOCC1. The van der Waals surface area contributed by atoms with Crippen molar-refractivity contribution in [2.24, 2.45) is 5.10 Å². The van der Waals surface area contributed by atoms with Gasteiger partial charge in [-0.3, -0.25) is 14.5 Å². The molecule has 1 saturated heterocycles. The van der Waals surface area contributed by atoms with E-state index < -0.39 is 0 Å². The Hall–Kier alpha value is -3.49. The maximum absolute atomic E-state index is 13.4. The zero-order chi connectivity index (χ0) is 22.6. The number of benzene rings is 2. The summed E-state index contributed by atoms with van der Waals surface area (Å²) in [5.74, 6) is -0.502. The number of amides is 2. The maximum Gasteiger partial charge on any atom is 0.291 e. The van der Waals surface area contributed by atoms with Crippen molar-refractivity contribution in [3.8, 4) is 0 Å². The summed E-state index contributed by atoms with van der Waals surface area (Å²) in [5, 5.41) is 9.87. The number of carbonyl (C=O) groups excluding carboxylic acids is 2. The molecule has 1 aromatic heterocycles. The van der Waals surface area contributed by atoms with Crippen LogP contribution in [0.15, 0.2) is 65.8 Å². The van der Waals surface area contributed by atoms with Gasteiger partial charge in [0.25, 0.3) is 5.91 Å². The number of hydrogen-bond acceptors (Lipinski definition) is 5. The Morgan fingerprint density at radius 1 is 1.03 bits per heavy atom. The molecule has 3 aromatic rings. The third kappa shape index (κ3) is 4.67. The number of nitrogens with zero attached hydrogens (tertiary/aromatic N) is 4. The number of morpholine rings is 1. The van der Waals surface area contributed by atoms with Gasteiger partial charge in [-0.1, -0.05) is 48.5 Å². The number of nitrogens with one attached hydrogen (secondary N) is 1. The first-order chi connectivity index (χ1) is 16.2. The van der Waals surface area contributed by atoms with Gasteiger partial charge in [-0.15, -0.1) is 0 Å². The van der Waals surface area contributed by atoms with Crippen LogP contribution in [0, 0.1) is 0 Å². The van der Waals surface area contributed by atoms with Gasteiger partial charge in [0.2, 0.25) is 5.91 Å². The van der Waals surface area contributed by atoms with E-state index in [4.69, 9.17) is 4.74 Å². The van der Waals surface area contributed by atoms with Crippen molar-refractivity contribution < 1.29 is 14.3 Å². The molecule has 1 N–H and O–H groups in total. The van der Waals surface area contributed by atoms with Crippen LogP contribution in [-0.2, 0) is 16.1 Å². The monoisotopic (exact) mass is 445 g/mol. The lowest BCUT2D eigenvalue weighted by molar-refractivity contribution is -0.121. The van der Waals surface area contributed by atoms with Crippen LogP contribution in [0.25, 0.3) is 10.9 Å². The van der Waals surface area contributed by atoms with E-state index in [1.54, 1.807) is 0 Å². The minimum atomic E-state index is -0.277. The Labute approximate surface area is 192 Å². The zero-order valence-electron chi connectivity index (χ0n) is 18.4. The van der Waals surface area contributed by atoms with Crippen molar-refractivity contribution >= 4 is 28.4 Å². The average molecular weight is 446 g/mol. The highest BCUT2D eigenvalue weighted by Gasteiger charge is 2.28. The molecule has 2 amide bonds. The average Bonchev–Trinajstić information content (AvgIpc) is 3.16. The van der Waals surface area contributed by atoms with Crippen molar-refractivity contribution in [3.05, 3.63) is 71.9 Å². The molecule has 1 fully saturated rings. The normalized spacial score (nSPS) is 16.9. The van der Waals surface area contributed by atoms with Crippen LogP contribution in [0.1, 0.15) is 16.1 Å². The highest BCUT2D eigenvalue weighted by Crippen LogP contribution is 2.24. The largest absolute Gasteiger partial charge is 0.379 e. The molecule has 33 heavy (non-hydrogen) atoms. The summed E-state index contributed by atoms with van der Waals surface area (Å²) in [6, 6.07) is 19.6. The topological polar surface area (TPSA) is 79.2 Å². The Bertz CT molecular complexity index is 1180. The summed E-state index contributed by atoms with van der Waals surface area (Å²) in [6.45, 7) is 4.80. The molecule has 0 radical (unpaired) electrons. The molecule has 0 saturated carbocycles. The van der Waals surface area contributed by atoms with E-state index in [-0.39, 0.29) is 18.4 Å². The van der Waals surface area contributed by atoms with E-state index in [0.29, 0.717) is 18.8 Å². The van der Waals surface area contributed by atoms with E-state index in [0.717, 1.165) is 55.0 Å². The fraction of sp³-hybridized carbons (Fsp3) is 0.320. The van der Waals surface area contributed by atoms with E-state index in [1.165, 1.54) is 5.01 Å². The minimum Gasteiger partial charge on any atom is -0.379 e. The van der Waals surface area contributed by atoms with Crippen LogP contribution in [0.3, 0.4) is 0 Å². The van der Waals surface area contributed by atoms with Gasteiger partial charge in [-0.25, -0.2) is 5.01 Å². The van der Waals surface area contributed by atoms with E-state index >= 15 is 0 Å². The Kier molecular flexibility index (Phi) is 6.19. The van der Waals surface area contributed by atoms with E-state index in [2.05, 4.69) is 15.3 Å². The molecule has 2 aromatic carbocycles. The summed E-state index contributed by atoms with van der Waals surface area (Å²) in [5.41, 5.74) is 3.17. The first kappa shape index (κ1) is 21.4. The van der Waals surface area contributed by atoms with Crippen LogP contribution >= 0.6 is 0 Å². The van der Waals surface area contributed by atoms with Gasteiger partial charge >= 0.3 is 0 Å². The van der Waals surface area contributed by atoms with Crippen LogP contribution < -0.4 is 5.32 Å². The standard InChI is InChI=1S/C25H27N5O3/c31-24(26-10-11-28-12-14-33-15-13-28)18-30-25(32)23-16-20-8-4-5-9-22(20)29(23)17-21(27-30)19-6-2-1-3-7-19/h1-9,16H,10-15,17-18H2,(H,26,31). The van der Waals surface area contributed by atoms with E-state index in [9.17, 15) is 9.59 Å². The molecule has 0 atom stereocenters. The first-order valence-corrected chi connectivity index (χ1v) is 11.3. The molecule has 0 aliphatic carbocycles. The van der Waals surface area contributed by atoms with Crippen molar-refractivity contribution in [2.75, 3.05) is 45.9 Å². The van der Waals surface area contributed by atoms with Crippen molar-refractivity contribution in [2.45, 2.75) is 6.54 Å². The Morgan fingerprint density at radius 3 is 2.61 bits per heavy atom. The zero-order valence-corrected chi connectivity index (χ0v) is 18.4. The second-order valence-electron chi connectivity index (χ2n) is 8.25. The number of hydrogen-bond donors (Lipinski definition) is 1. The fourth-order valence-electron chi connectivity index (χ4n) is 4.32. The second kappa shape index (κ2) is 9.56. The molecular formula is C25H27N5O3. The highest BCUT2D eigenvalue weighted by molar-refractivity contribution is 6.07. The van der Waals surface area contributed by atoms with Gasteiger partial charge in [0.1, 0.15) is 12.2 Å². The fourth-order valence-corrected chi connectivity index (χ4v) is 4.32. The Balaban J connectivity index is 1.37. The number of carbonyl (C=O) groups is 2. The van der Waals surface area contributed by atoms with Crippen LogP contribution in [0.5, 0.6) is 0 Å². The lowest BCUT2D eigenvalue weighted by Gasteiger charge is -2.26. The van der Waals surface area contributed by atoms with Gasteiger partial charge in [-0.05, 0) is 17.7 Å². The third-order valence-corrected chi connectivity index (χ3v) is 6.07. The lowest BCUT2D eigenvalue weighted by atomic mass is 10.1. The number of rotatable bonds is 6. The summed E-state index contributed by atoms with van der Waals surface area (Å²) < 4.78 is 7.34. The maximum atomic E-state index is 13.4. The molecule has 3 heterocycles. The van der Waals surface area contributed by atoms with Gasteiger partial charge in [0, 0.05) is 37.1 Å². The molecule has 0 bridgehead atoms. The van der Waals surface area contributed by atoms with Crippen molar-refractivity contribution in [1.29, 1.82) is 0 Å². The van der Waals surface area contributed by atoms with Crippen LogP contribution in [0.2, 0.25) is 0 Å². The lowest BCUT2D eigenvalue weighted by Crippen LogP contribution is -2.43. The summed E-state index contributed by atoms with van der Waals surface area (Å²) in [4.78, 5) is 28.4. The molecule has 2 aliphatic heterocycles. The number of aromatic nitrogens is 1. The molecular weight excluding hydrogens is 418 g/mol. The second-order valence-corrected chi connectivity index (χ2v) is 8.25. The van der Waals surface area contributed by atoms with Crippen molar-refractivity contribution in [1.82, 2.24) is 19.8 Å². The minimum absolute atomic E-state index is 0.125. The molecule has 8 heteroatoms. The van der Waals surface area contributed by atoms with Crippen LogP contribution in [-0.4, -0.2) is 77.9 Å². The molecule has 0 unspecified atom stereocenters. The smallest absolute Gasteiger partial charge is 0.291 e. The predicted octanol–water partition coefficient (Wildman–Crippen LogP) is 1.95. The van der Waals surface area contributed by atoms with Crippen LogP contribution in [0.4, 0.5) is 0 Å². The molecule has 0 spiro atoms. The predicted molar refractivity (Wildman–Crippen MR) is 126 cm³/mol. The van der Waals surface area contributed by atoms with E-state index in [1.807, 2.05) is 65.2 Å². The molecule has 8 nitrogen and oxygen atoms in total. The third-order valence-electron chi connectivity index (χ3n) is 6.07. The van der Waals surface area contributed by atoms with Gasteiger partial charge in [-0.2, -0.15) is 5.10 Å². The number of para-hydroxylation sites is 1. The highest BCUT2D eigenvalue weighted by atomic mass is 16.5. The molecule has 170 valence electrons. The Morgan fingerprint density at radius 2 is 1.79 bits per heavy atom. The summed E-state index contributed by atoms with van der Waals surface area (Å²) in [7, 11) is 0.